The fourth-order valence-corrected chi connectivity index (χ4v) is 2.95. The van der Waals surface area contributed by atoms with Crippen molar-refractivity contribution in [3.63, 3.8) is 0 Å². The molecule has 24 heavy (non-hydrogen) atoms. The molecule has 1 amide bonds. The lowest BCUT2D eigenvalue weighted by Gasteiger charge is -2.20. The molecule has 6 nitrogen and oxygen atoms in total. The molecule has 0 saturated heterocycles. The standard InChI is InChI=1S/C18H23N3O3/c1-4-12(2)21-13(3)16(10-19-21)18(23)20-7-8-24-17-9-15(22)6-5-14(17)11-20/h5-6,9-10,12,22H,4,7-8,11H2,1-3H3. The number of phenols is 1. The summed E-state index contributed by atoms with van der Waals surface area (Å²) < 4.78 is 7.57. The summed E-state index contributed by atoms with van der Waals surface area (Å²) in [6, 6.07) is 5.27. The molecule has 3 rings (SSSR count). The number of aromatic hydroxyl groups is 1. The molecule has 0 saturated carbocycles. The van der Waals surface area contributed by atoms with Crippen LogP contribution in [0.4, 0.5) is 0 Å². The van der Waals surface area contributed by atoms with Gasteiger partial charge in [0.05, 0.1) is 18.3 Å². The van der Waals surface area contributed by atoms with Crippen molar-refractivity contribution in [3.8, 4) is 11.5 Å². The summed E-state index contributed by atoms with van der Waals surface area (Å²) in [6.07, 6.45) is 2.62. The summed E-state index contributed by atoms with van der Waals surface area (Å²) >= 11 is 0. The SMILES string of the molecule is CCC(C)n1ncc(C(=O)N2CCOc3cc(O)ccc3C2)c1C. The summed E-state index contributed by atoms with van der Waals surface area (Å²) in [5, 5.41) is 14.0. The molecular formula is C18H23N3O3. The predicted octanol–water partition coefficient (Wildman–Crippen LogP) is 2.90. The number of aromatic nitrogens is 2. The van der Waals surface area contributed by atoms with E-state index in [-0.39, 0.29) is 17.7 Å². The number of phenolic OH excluding ortho intramolecular Hbond substituents is 1. The van der Waals surface area contributed by atoms with Gasteiger partial charge in [-0.1, -0.05) is 6.92 Å². The van der Waals surface area contributed by atoms with Crippen molar-refractivity contribution in [2.24, 2.45) is 0 Å². The van der Waals surface area contributed by atoms with Gasteiger partial charge >= 0.3 is 0 Å². The predicted molar refractivity (Wildman–Crippen MR) is 90.3 cm³/mol. The highest BCUT2D eigenvalue weighted by Gasteiger charge is 2.25. The summed E-state index contributed by atoms with van der Waals surface area (Å²) in [4.78, 5) is 14.7. The van der Waals surface area contributed by atoms with Gasteiger partial charge in [-0.05, 0) is 32.4 Å². The second-order valence-electron chi connectivity index (χ2n) is 6.21. The Morgan fingerprint density at radius 3 is 3.00 bits per heavy atom. The van der Waals surface area contributed by atoms with Gasteiger partial charge in [-0.3, -0.25) is 9.48 Å². The Balaban J connectivity index is 1.85. The Bertz CT molecular complexity index is 754. The molecule has 2 heterocycles. The lowest BCUT2D eigenvalue weighted by atomic mass is 10.1. The Morgan fingerprint density at radius 2 is 2.25 bits per heavy atom. The third-order valence-corrected chi connectivity index (χ3v) is 4.60. The number of ether oxygens (including phenoxy) is 1. The van der Waals surface area contributed by atoms with E-state index in [9.17, 15) is 9.90 Å². The van der Waals surface area contributed by atoms with E-state index in [2.05, 4.69) is 18.9 Å². The number of benzene rings is 1. The minimum Gasteiger partial charge on any atom is -0.508 e. The number of hydrogen-bond donors (Lipinski definition) is 1. The van der Waals surface area contributed by atoms with E-state index in [1.54, 1.807) is 29.3 Å². The number of amides is 1. The lowest BCUT2D eigenvalue weighted by molar-refractivity contribution is 0.0732. The van der Waals surface area contributed by atoms with E-state index < -0.39 is 0 Å². The first kappa shape index (κ1) is 16.4. The molecule has 1 aliphatic heterocycles. The monoisotopic (exact) mass is 329 g/mol. The second-order valence-corrected chi connectivity index (χ2v) is 6.21. The molecule has 1 aromatic heterocycles. The van der Waals surface area contributed by atoms with Gasteiger partial charge in [0.1, 0.15) is 18.1 Å². The van der Waals surface area contributed by atoms with E-state index in [1.807, 2.05) is 11.6 Å². The Hall–Kier alpha value is -2.50. The molecule has 0 fully saturated rings. The zero-order chi connectivity index (χ0) is 17.3. The van der Waals surface area contributed by atoms with Crippen LogP contribution >= 0.6 is 0 Å². The van der Waals surface area contributed by atoms with Crippen LogP contribution in [0, 0.1) is 6.92 Å². The largest absolute Gasteiger partial charge is 0.508 e. The fourth-order valence-electron chi connectivity index (χ4n) is 2.95. The van der Waals surface area contributed by atoms with E-state index in [0.717, 1.165) is 17.7 Å². The maximum Gasteiger partial charge on any atom is 0.257 e. The van der Waals surface area contributed by atoms with Crippen molar-refractivity contribution in [2.45, 2.75) is 39.8 Å². The molecular weight excluding hydrogens is 306 g/mol. The fraction of sp³-hybridized carbons (Fsp3) is 0.444. The van der Waals surface area contributed by atoms with Gasteiger partial charge in [-0.25, -0.2) is 0 Å². The first-order valence-electron chi connectivity index (χ1n) is 8.29. The second kappa shape index (κ2) is 6.55. The molecule has 0 aliphatic carbocycles. The van der Waals surface area contributed by atoms with Crippen LogP contribution in [0.2, 0.25) is 0 Å². The van der Waals surface area contributed by atoms with Crippen LogP contribution in [0.5, 0.6) is 11.5 Å². The molecule has 0 spiro atoms. The molecule has 6 heteroatoms. The molecule has 2 aromatic rings. The van der Waals surface area contributed by atoms with Gasteiger partial charge in [0.25, 0.3) is 5.91 Å². The van der Waals surface area contributed by atoms with Crippen molar-refractivity contribution in [1.29, 1.82) is 0 Å². The van der Waals surface area contributed by atoms with Crippen molar-refractivity contribution in [1.82, 2.24) is 14.7 Å². The molecule has 0 radical (unpaired) electrons. The average Bonchev–Trinajstić information content (AvgIpc) is 2.83. The summed E-state index contributed by atoms with van der Waals surface area (Å²) in [5.41, 5.74) is 2.42. The van der Waals surface area contributed by atoms with Gasteiger partial charge in [0, 0.05) is 29.9 Å². The maximum atomic E-state index is 12.9. The van der Waals surface area contributed by atoms with Gasteiger partial charge in [0.2, 0.25) is 0 Å². The van der Waals surface area contributed by atoms with Crippen molar-refractivity contribution < 1.29 is 14.6 Å². The Labute approximate surface area is 141 Å². The summed E-state index contributed by atoms with van der Waals surface area (Å²) in [5.74, 6) is 0.767. The van der Waals surface area contributed by atoms with E-state index in [1.165, 1.54) is 0 Å². The highest BCUT2D eigenvalue weighted by Crippen LogP contribution is 2.28. The topological polar surface area (TPSA) is 67.6 Å². The third kappa shape index (κ3) is 2.96. The highest BCUT2D eigenvalue weighted by molar-refractivity contribution is 5.95. The van der Waals surface area contributed by atoms with Crippen molar-refractivity contribution in [3.05, 3.63) is 41.2 Å². The molecule has 1 N–H and O–H groups in total. The Kier molecular flexibility index (Phi) is 4.46. The number of carbonyl (C=O) groups excluding carboxylic acids is 1. The van der Waals surface area contributed by atoms with Gasteiger partial charge in [-0.15, -0.1) is 0 Å². The number of hydrogen-bond acceptors (Lipinski definition) is 4. The van der Waals surface area contributed by atoms with Gasteiger partial charge in [0.15, 0.2) is 0 Å². The van der Waals surface area contributed by atoms with E-state index >= 15 is 0 Å². The molecule has 1 aromatic carbocycles. The number of nitrogens with zero attached hydrogens (tertiary/aromatic N) is 3. The summed E-state index contributed by atoms with van der Waals surface area (Å²) in [6.45, 7) is 7.50. The zero-order valence-electron chi connectivity index (χ0n) is 14.3. The van der Waals surface area contributed by atoms with Gasteiger partial charge in [-0.2, -0.15) is 5.10 Å². The van der Waals surface area contributed by atoms with Crippen LogP contribution in [-0.4, -0.2) is 38.8 Å². The van der Waals surface area contributed by atoms with Crippen LogP contribution < -0.4 is 4.74 Å². The van der Waals surface area contributed by atoms with Crippen LogP contribution in [0.3, 0.4) is 0 Å². The van der Waals surface area contributed by atoms with Crippen LogP contribution in [-0.2, 0) is 6.54 Å². The molecule has 1 unspecified atom stereocenters. The zero-order valence-corrected chi connectivity index (χ0v) is 14.3. The van der Waals surface area contributed by atoms with Gasteiger partial charge < -0.3 is 14.7 Å². The first-order valence-corrected chi connectivity index (χ1v) is 8.29. The van der Waals surface area contributed by atoms with E-state index in [0.29, 0.717) is 31.0 Å². The average molecular weight is 329 g/mol. The quantitative estimate of drug-likeness (QED) is 0.940. The number of carbonyl (C=O) groups is 1. The smallest absolute Gasteiger partial charge is 0.257 e. The number of fused-ring (bicyclic) bond motifs is 1. The molecule has 128 valence electrons. The normalized spacial score (nSPS) is 15.4. The molecule has 1 aliphatic rings. The van der Waals surface area contributed by atoms with Crippen LogP contribution in [0.15, 0.2) is 24.4 Å². The third-order valence-electron chi connectivity index (χ3n) is 4.60. The van der Waals surface area contributed by atoms with Crippen LogP contribution in [0.1, 0.15) is 47.9 Å². The minimum atomic E-state index is -0.0356. The van der Waals surface area contributed by atoms with E-state index in [4.69, 9.17) is 4.74 Å². The minimum absolute atomic E-state index is 0.0356. The molecule has 0 bridgehead atoms. The molecule has 1 atom stereocenters. The lowest BCUT2D eigenvalue weighted by Crippen LogP contribution is -2.32. The highest BCUT2D eigenvalue weighted by atomic mass is 16.5. The van der Waals surface area contributed by atoms with Crippen LogP contribution in [0.25, 0.3) is 0 Å². The Morgan fingerprint density at radius 1 is 1.46 bits per heavy atom. The van der Waals surface area contributed by atoms with Crippen molar-refractivity contribution >= 4 is 5.91 Å². The maximum absolute atomic E-state index is 12.9. The first-order chi connectivity index (χ1) is 11.5. The number of rotatable bonds is 3. The summed E-state index contributed by atoms with van der Waals surface area (Å²) in [7, 11) is 0. The van der Waals surface area contributed by atoms with Crippen molar-refractivity contribution in [2.75, 3.05) is 13.2 Å².